The maximum Gasteiger partial charge on any atom is 0.137 e. The summed E-state index contributed by atoms with van der Waals surface area (Å²) in [4.78, 5) is 0. The summed E-state index contributed by atoms with van der Waals surface area (Å²) in [5, 5.41) is 22.5. The number of para-hydroxylation sites is 1. The van der Waals surface area contributed by atoms with Crippen LogP contribution in [0.2, 0.25) is 0 Å². The van der Waals surface area contributed by atoms with E-state index < -0.39 is 6.10 Å². The summed E-state index contributed by atoms with van der Waals surface area (Å²) >= 11 is 0. The smallest absolute Gasteiger partial charge is 0.137 e. The minimum atomic E-state index is -0.574. The average Bonchev–Trinajstić information content (AvgIpc) is 2.52. The summed E-state index contributed by atoms with van der Waals surface area (Å²) in [6.07, 6.45) is 5.58. The van der Waals surface area contributed by atoms with Gasteiger partial charge >= 0.3 is 0 Å². The Morgan fingerprint density at radius 1 is 1.33 bits per heavy atom. The molecule has 0 amide bonds. The molecule has 1 saturated carbocycles. The van der Waals surface area contributed by atoms with E-state index in [0.29, 0.717) is 17.9 Å². The molecule has 0 bridgehead atoms. The van der Waals surface area contributed by atoms with Crippen LogP contribution in [0.15, 0.2) is 24.3 Å². The molecule has 2 N–H and O–H groups in total. The molecule has 2 rings (SSSR count). The Morgan fingerprint density at radius 3 is 2.76 bits per heavy atom. The fraction of sp³-hybridized carbons (Fsp3) is 0.588. The zero-order valence-corrected chi connectivity index (χ0v) is 12.6. The highest BCUT2D eigenvalue weighted by Crippen LogP contribution is 2.27. The molecule has 1 unspecified atom stereocenters. The molecule has 1 fully saturated rings. The Hall–Kier alpha value is -1.57. The second-order valence-electron chi connectivity index (χ2n) is 6.08. The first-order valence-corrected chi connectivity index (χ1v) is 7.68. The van der Waals surface area contributed by atoms with Crippen molar-refractivity contribution in [2.45, 2.75) is 50.7 Å². The lowest BCUT2D eigenvalue weighted by Gasteiger charge is -2.35. The van der Waals surface area contributed by atoms with Crippen LogP contribution in [-0.2, 0) is 0 Å². The first-order chi connectivity index (χ1) is 10.1. The Kier molecular flexibility index (Phi) is 5.60. The van der Waals surface area contributed by atoms with E-state index in [4.69, 9.17) is 10.00 Å². The fourth-order valence-electron chi connectivity index (χ4n) is 2.80. The lowest BCUT2D eigenvalue weighted by molar-refractivity contribution is 0.0929. The SMILES string of the molecule is CC1(NCC(O)COc2ccccc2C#N)CCCCC1. The number of rotatable bonds is 6. The number of nitrogens with zero attached hydrogens (tertiary/aromatic N) is 1. The van der Waals surface area contributed by atoms with Gasteiger partial charge in [0.1, 0.15) is 24.5 Å². The summed E-state index contributed by atoms with van der Waals surface area (Å²) in [5.74, 6) is 0.530. The third kappa shape index (κ3) is 4.73. The van der Waals surface area contributed by atoms with Crippen molar-refractivity contribution in [3.8, 4) is 11.8 Å². The highest BCUT2D eigenvalue weighted by Gasteiger charge is 2.26. The lowest BCUT2D eigenvalue weighted by atomic mass is 9.83. The van der Waals surface area contributed by atoms with Crippen molar-refractivity contribution < 1.29 is 9.84 Å². The van der Waals surface area contributed by atoms with E-state index in [-0.39, 0.29) is 12.1 Å². The van der Waals surface area contributed by atoms with Gasteiger partial charge in [0.25, 0.3) is 0 Å². The number of ether oxygens (including phenoxy) is 1. The van der Waals surface area contributed by atoms with Crippen LogP contribution in [0.1, 0.15) is 44.6 Å². The maximum atomic E-state index is 10.0. The Balaban J connectivity index is 1.77. The third-order valence-electron chi connectivity index (χ3n) is 4.16. The van der Waals surface area contributed by atoms with Crippen molar-refractivity contribution >= 4 is 0 Å². The molecule has 114 valence electrons. The van der Waals surface area contributed by atoms with E-state index in [0.717, 1.165) is 12.8 Å². The van der Waals surface area contributed by atoms with Crippen molar-refractivity contribution in [1.82, 2.24) is 5.32 Å². The molecular formula is C17H24N2O2. The number of hydrogen-bond donors (Lipinski definition) is 2. The normalized spacial score (nSPS) is 18.7. The topological polar surface area (TPSA) is 65.3 Å². The standard InChI is InChI=1S/C17H24N2O2/c1-17(9-5-2-6-10-17)19-12-15(20)13-21-16-8-4-3-7-14(16)11-18/h3-4,7-8,15,19-20H,2,5-6,9-10,12-13H2,1H3. The van der Waals surface area contributed by atoms with Crippen LogP contribution in [0.25, 0.3) is 0 Å². The van der Waals surface area contributed by atoms with Gasteiger partial charge in [-0.05, 0) is 31.9 Å². The molecule has 1 aliphatic carbocycles. The van der Waals surface area contributed by atoms with Crippen LogP contribution >= 0.6 is 0 Å². The van der Waals surface area contributed by atoms with Crippen LogP contribution in [0.4, 0.5) is 0 Å². The molecule has 0 aliphatic heterocycles. The quantitative estimate of drug-likeness (QED) is 0.844. The minimum absolute atomic E-state index is 0.143. The number of nitrogens with one attached hydrogen (secondary N) is 1. The lowest BCUT2D eigenvalue weighted by Crippen LogP contribution is -2.48. The van der Waals surface area contributed by atoms with Crippen LogP contribution in [0.5, 0.6) is 5.75 Å². The molecule has 1 aromatic rings. The molecule has 4 nitrogen and oxygen atoms in total. The Bertz CT molecular complexity index is 490. The van der Waals surface area contributed by atoms with Gasteiger partial charge in [-0.15, -0.1) is 0 Å². The van der Waals surface area contributed by atoms with Crippen molar-refractivity contribution in [2.75, 3.05) is 13.2 Å². The predicted molar refractivity (Wildman–Crippen MR) is 82.2 cm³/mol. The van der Waals surface area contributed by atoms with Crippen molar-refractivity contribution in [1.29, 1.82) is 5.26 Å². The number of β-amino-alcohol motifs (C(OH)–C–C–N with tert-alkyl or cyclic N) is 1. The Morgan fingerprint density at radius 2 is 2.05 bits per heavy atom. The summed E-state index contributed by atoms with van der Waals surface area (Å²) < 4.78 is 5.55. The van der Waals surface area contributed by atoms with Gasteiger partial charge in [-0.2, -0.15) is 5.26 Å². The minimum Gasteiger partial charge on any atom is -0.489 e. The molecule has 0 radical (unpaired) electrons. The van der Waals surface area contributed by atoms with Gasteiger partial charge in [-0.1, -0.05) is 31.4 Å². The van der Waals surface area contributed by atoms with Crippen molar-refractivity contribution in [3.63, 3.8) is 0 Å². The second kappa shape index (κ2) is 7.44. The molecule has 21 heavy (non-hydrogen) atoms. The molecule has 0 spiro atoms. The first-order valence-electron chi connectivity index (χ1n) is 7.68. The third-order valence-corrected chi connectivity index (χ3v) is 4.16. The van der Waals surface area contributed by atoms with Crippen LogP contribution in [-0.4, -0.2) is 29.9 Å². The molecule has 4 heteroatoms. The van der Waals surface area contributed by atoms with E-state index in [9.17, 15) is 5.11 Å². The molecule has 1 aliphatic rings. The predicted octanol–water partition coefficient (Wildman–Crippen LogP) is 2.61. The summed E-state index contributed by atoms with van der Waals surface area (Å²) in [6, 6.07) is 9.17. The van der Waals surface area contributed by atoms with Gasteiger partial charge in [0.05, 0.1) is 5.56 Å². The number of aliphatic hydroxyl groups excluding tert-OH is 1. The summed E-state index contributed by atoms with van der Waals surface area (Å²) in [6.45, 7) is 2.94. The zero-order valence-electron chi connectivity index (χ0n) is 12.6. The van der Waals surface area contributed by atoms with E-state index in [1.54, 1.807) is 18.2 Å². The van der Waals surface area contributed by atoms with Crippen LogP contribution in [0, 0.1) is 11.3 Å². The molecule has 0 aromatic heterocycles. The molecule has 1 atom stereocenters. The first kappa shape index (κ1) is 15.8. The van der Waals surface area contributed by atoms with E-state index >= 15 is 0 Å². The van der Waals surface area contributed by atoms with Gasteiger partial charge in [0.15, 0.2) is 0 Å². The number of benzene rings is 1. The monoisotopic (exact) mass is 288 g/mol. The highest BCUT2D eigenvalue weighted by molar-refractivity contribution is 5.42. The van der Waals surface area contributed by atoms with Crippen LogP contribution < -0.4 is 10.1 Å². The van der Waals surface area contributed by atoms with Gasteiger partial charge in [-0.3, -0.25) is 0 Å². The van der Waals surface area contributed by atoms with Gasteiger partial charge in [0.2, 0.25) is 0 Å². The van der Waals surface area contributed by atoms with Gasteiger partial charge in [0, 0.05) is 12.1 Å². The van der Waals surface area contributed by atoms with E-state index in [1.165, 1.54) is 19.3 Å². The maximum absolute atomic E-state index is 10.0. The van der Waals surface area contributed by atoms with Crippen molar-refractivity contribution in [2.24, 2.45) is 0 Å². The van der Waals surface area contributed by atoms with Crippen LogP contribution in [0.3, 0.4) is 0 Å². The van der Waals surface area contributed by atoms with E-state index in [1.807, 2.05) is 6.07 Å². The molecule has 1 aromatic carbocycles. The number of hydrogen-bond acceptors (Lipinski definition) is 4. The summed E-state index contributed by atoms with van der Waals surface area (Å²) in [7, 11) is 0. The number of nitriles is 1. The average molecular weight is 288 g/mol. The van der Waals surface area contributed by atoms with E-state index in [2.05, 4.69) is 18.3 Å². The zero-order chi connectivity index (χ0) is 15.1. The van der Waals surface area contributed by atoms with Gasteiger partial charge < -0.3 is 15.2 Å². The second-order valence-corrected chi connectivity index (χ2v) is 6.08. The number of aliphatic hydroxyl groups is 1. The highest BCUT2D eigenvalue weighted by atomic mass is 16.5. The Labute approximate surface area is 126 Å². The molecule has 0 saturated heterocycles. The fourth-order valence-corrected chi connectivity index (χ4v) is 2.80. The molecule has 0 heterocycles. The largest absolute Gasteiger partial charge is 0.489 e. The van der Waals surface area contributed by atoms with Gasteiger partial charge in [-0.25, -0.2) is 0 Å². The molecular weight excluding hydrogens is 264 g/mol. The van der Waals surface area contributed by atoms with Crippen molar-refractivity contribution in [3.05, 3.63) is 29.8 Å². The summed E-state index contributed by atoms with van der Waals surface area (Å²) in [5.41, 5.74) is 0.640.